The van der Waals surface area contributed by atoms with Crippen molar-refractivity contribution in [1.29, 1.82) is 0 Å². The smallest absolute Gasteiger partial charge is 0.264 e. The summed E-state index contributed by atoms with van der Waals surface area (Å²) in [4.78, 5) is 22.4. The molecule has 22 heavy (non-hydrogen) atoms. The molecule has 0 radical (unpaired) electrons. The van der Waals surface area contributed by atoms with Crippen molar-refractivity contribution in [3.8, 4) is 0 Å². The molecule has 2 heterocycles. The molecule has 0 amide bonds. The Bertz CT molecular complexity index is 755. The van der Waals surface area contributed by atoms with Gasteiger partial charge in [-0.05, 0) is 45.1 Å². The van der Waals surface area contributed by atoms with Gasteiger partial charge in [-0.25, -0.2) is 4.98 Å². The van der Waals surface area contributed by atoms with Gasteiger partial charge in [0.15, 0.2) is 0 Å². The SMILES string of the molecule is C=CCn1c(N(CC)CC)nc2sc3c(c2c1=O)CCCC3. The second-order valence-corrected chi connectivity index (χ2v) is 6.76. The molecule has 3 rings (SSSR count). The first kappa shape index (κ1) is 15.3. The van der Waals surface area contributed by atoms with Crippen LogP contribution in [-0.2, 0) is 19.4 Å². The molecular formula is C17H23N3OS. The van der Waals surface area contributed by atoms with Gasteiger partial charge in [-0.3, -0.25) is 9.36 Å². The van der Waals surface area contributed by atoms with Crippen LogP contribution in [0.25, 0.3) is 10.2 Å². The Morgan fingerprint density at radius 2 is 2.05 bits per heavy atom. The van der Waals surface area contributed by atoms with Gasteiger partial charge in [0, 0.05) is 24.5 Å². The highest BCUT2D eigenvalue weighted by atomic mass is 32.1. The van der Waals surface area contributed by atoms with Gasteiger partial charge in [0.2, 0.25) is 5.95 Å². The molecule has 2 aromatic heterocycles. The highest BCUT2D eigenvalue weighted by Crippen LogP contribution is 2.34. The highest BCUT2D eigenvalue weighted by molar-refractivity contribution is 7.18. The molecule has 0 atom stereocenters. The summed E-state index contributed by atoms with van der Waals surface area (Å²) in [5.74, 6) is 0.779. The van der Waals surface area contributed by atoms with Gasteiger partial charge in [0.1, 0.15) is 4.83 Å². The Kier molecular flexibility index (Phi) is 4.34. The maximum atomic E-state index is 13.1. The third kappa shape index (κ3) is 2.37. The fourth-order valence-corrected chi connectivity index (χ4v) is 4.52. The average molecular weight is 317 g/mol. The maximum Gasteiger partial charge on any atom is 0.264 e. The van der Waals surface area contributed by atoms with Crippen LogP contribution >= 0.6 is 11.3 Å². The second kappa shape index (κ2) is 6.24. The summed E-state index contributed by atoms with van der Waals surface area (Å²) in [6, 6.07) is 0. The van der Waals surface area contributed by atoms with Gasteiger partial charge in [-0.1, -0.05) is 6.08 Å². The van der Waals surface area contributed by atoms with E-state index in [1.165, 1.54) is 23.3 Å². The van der Waals surface area contributed by atoms with E-state index in [4.69, 9.17) is 4.98 Å². The summed E-state index contributed by atoms with van der Waals surface area (Å²) >= 11 is 1.72. The van der Waals surface area contributed by atoms with Crippen LogP contribution < -0.4 is 10.5 Å². The zero-order valence-electron chi connectivity index (χ0n) is 13.4. The van der Waals surface area contributed by atoms with E-state index in [0.717, 1.165) is 42.1 Å². The summed E-state index contributed by atoms with van der Waals surface area (Å²) in [5, 5.41) is 0.859. The van der Waals surface area contributed by atoms with Crippen LogP contribution in [0.5, 0.6) is 0 Å². The number of rotatable bonds is 5. The molecule has 118 valence electrons. The Balaban J connectivity index is 2.30. The fourth-order valence-electron chi connectivity index (χ4n) is 3.27. The predicted octanol–water partition coefficient (Wildman–Crippen LogP) is 3.37. The van der Waals surface area contributed by atoms with E-state index in [2.05, 4.69) is 25.3 Å². The number of thiophene rings is 1. The van der Waals surface area contributed by atoms with Gasteiger partial charge in [0.25, 0.3) is 5.56 Å². The average Bonchev–Trinajstić information content (AvgIpc) is 2.90. The van der Waals surface area contributed by atoms with Crippen molar-refractivity contribution in [2.75, 3.05) is 18.0 Å². The minimum absolute atomic E-state index is 0.103. The van der Waals surface area contributed by atoms with E-state index in [-0.39, 0.29) is 5.56 Å². The summed E-state index contributed by atoms with van der Waals surface area (Å²) in [7, 11) is 0. The number of hydrogen-bond donors (Lipinski definition) is 0. The van der Waals surface area contributed by atoms with Crippen LogP contribution in [0.3, 0.4) is 0 Å². The Hall–Kier alpha value is -1.62. The lowest BCUT2D eigenvalue weighted by atomic mass is 9.97. The first-order valence-corrected chi connectivity index (χ1v) is 8.93. The Morgan fingerprint density at radius 3 is 2.73 bits per heavy atom. The van der Waals surface area contributed by atoms with Crippen LogP contribution in [0, 0.1) is 0 Å². The van der Waals surface area contributed by atoms with Crippen molar-refractivity contribution in [3.63, 3.8) is 0 Å². The minimum Gasteiger partial charge on any atom is -0.343 e. The lowest BCUT2D eigenvalue weighted by molar-refractivity contribution is 0.693. The quantitative estimate of drug-likeness (QED) is 0.794. The number of anilines is 1. The lowest BCUT2D eigenvalue weighted by Gasteiger charge is -2.23. The summed E-state index contributed by atoms with van der Waals surface area (Å²) in [5.41, 5.74) is 1.36. The number of fused-ring (bicyclic) bond motifs is 3. The van der Waals surface area contributed by atoms with E-state index < -0.39 is 0 Å². The molecule has 0 unspecified atom stereocenters. The zero-order chi connectivity index (χ0) is 15.7. The van der Waals surface area contributed by atoms with Crippen molar-refractivity contribution in [2.45, 2.75) is 46.1 Å². The highest BCUT2D eigenvalue weighted by Gasteiger charge is 2.22. The molecule has 0 N–H and O–H groups in total. The van der Waals surface area contributed by atoms with E-state index >= 15 is 0 Å². The molecule has 0 spiro atoms. The van der Waals surface area contributed by atoms with Crippen LogP contribution in [0.1, 0.15) is 37.1 Å². The van der Waals surface area contributed by atoms with E-state index in [1.54, 1.807) is 22.0 Å². The van der Waals surface area contributed by atoms with Crippen molar-refractivity contribution >= 4 is 27.5 Å². The first-order chi connectivity index (χ1) is 10.7. The largest absolute Gasteiger partial charge is 0.343 e. The van der Waals surface area contributed by atoms with E-state index in [0.29, 0.717) is 6.54 Å². The molecule has 0 bridgehead atoms. The summed E-state index contributed by atoms with van der Waals surface area (Å²) < 4.78 is 1.78. The van der Waals surface area contributed by atoms with Gasteiger partial charge < -0.3 is 4.90 Å². The summed E-state index contributed by atoms with van der Waals surface area (Å²) in [6.45, 7) is 10.2. The first-order valence-electron chi connectivity index (χ1n) is 8.12. The maximum absolute atomic E-state index is 13.1. The lowest BCUT2D eigenvalue weighted by Crippen LogP contribution is -2.32. The number of allylic oxidation sites excluding steroid dienone is 1. The predicted molar refractivity (Wildman–Crippen MR) is 94.3 cm³/mol. The molecule has 4 nitrogen and oxygen atoms in total. The number of aryl methyl sites for hydroxylation is 2. The third-order valence-electron chi connectivity index (χ3n) is 4.41. The number of nitrogens with zero attached hydrogens (tertiary/aromatic N) is 3. The Morgan fingerprint density at radius 1 is 1.32 bits per heavy atom. The molecule has 0 aromatic carbocycles. The topological polar surface area (TPSA) is 38.1 Å². The molecule has 0 saturated carbocycles. The third-order valence-corrected chi connectivity index (χ3v) is 5.60. The van der Waals surface area contributed by atoms with Crippen molar-refractivity contribution in [1.82, 2.24) is 9.55 Å². The van der Waals surface area contributed by atoms with E-state index in [9.17, 15) is 4.79 Å². The molecule has 5 heteroatoms. The number of hydrogen-bond acceptors (Lipinski definition) is 4. The van der Waals surface area contributed by atoms with Crippen LogP contribution in [0.4, 0.5) is 5.95 Å². The summed E-state index contributed by atoms with van der Waals surface area (Å²) in [6.07, 6.45) is 6.30. The van der Waals surface area contributed by atoms with Gasteiger partial charge in [0.05, 0.1) is 5.39 Å². The Labute approximate surface area is 135 Å². The van der Waals surface area contributed by atoms with Gasteiger partial charge in [-0.2, -0.15) is 0 Å². The molecule has 1 aliphatic rings. The normalized spacial score (nSPS) is 14.1. The standard InChI is InChI=1S/C17H23N3OS/c1-4-11-20-16(21)14-12-9-7-8-10-13(12)22-15(14)18-17(20)19(5-2)6-3/h4H,1,5-11H2,2-3H3. The number of aromatic nitrogens is 2. The molecular weight excluding hydrogens is 294 g/mol. The minimum atomic E-state index is 0.103. The van der Waals surface area contributed by atoms with Crippen molar-refractivity contribution in [2.24, 2.45) is 0 Å². The molecule has 1 aliphatic carbocycles. The van der Waals surface area contributed by atoms with Crippen LogP contribution in [-0.4, -0.2) is 22.6 Å². The van der Waals surface area contributed by atoms with Crippen molar-refractivity contribution in [3.05, 3.63) is 33.4 Å². The molecule has 2 aromatic rings. The van der Waals surface area contributed by atoms with Gasteiger partial charge >= 0.3 is 0 Å². The molecule has 0 fully saturated rings. The zero-order valence-corrected chi connectivity index (χ0v) is 14.2. The van der Waals surface area contributed by atoms with Crippen LogP contribution in [0.15, 0.2) is 17.4 Å². The van der Waals surface area contributed by atoms with Crippen LogP contribution in [0.2, 0.25) is 0 Å². The molecule has 0 aliphatic heterocycles. The second-order valence-electron chi connectivity index (χ2n) is 5.68. The van der Waals surface area contributed by atoms with Gasteiger partial charge in [-0.15, -0.1) is 17.9 Å². The monoisotopic (exact) mass is 317 g/mol. The fraction of sp³-hybridized carbons (Fsp3) is 0.529. The van der Waals surface area contributed by atoms with Crippen molar-refractivity contribution < 1.29 is 0 Å². The van der Waals surface area contributed by atoms with E-state index in [1.807, 2.05) is 0 Å². The molecule has 0 saturated heterocycles.